The van der Waals surface area contributed by atoms with Crippen LogP contribution in [-0.2, 0) is 6.42 Å². The molecule has 24 heavy (non-hydrogen) atoms. The predicted molar refractivity (Wildman–Crippen MR) is 101 cm³/mol. The van der Waals surface area contributed by atoms with E-state index in [1.165, 1.54) is 5.56 Å². The first-order valence-electron chi connectivity index (χ1n) is 8.90. The molecule has 1 aliphatic rings. The molecule has 2 aromatic rings. The molecule has 0 radical (unpaired) electrons. The summed E-state index contributed by atoms with van der Waals surface area (Å²) in [4.78, 5) is 6.89. The fourth-order valence-corrected chi connectivity index (χ4v) is 3.72. The quantitative estimate of drug-likeness (QED) is 0.883. The lowest BCUT2D eigenvalue weighted by Crippen LogP contribution is -2.51. The summed E-state index contributed by atoms with van der Waals surface area (Å²) in [6.07, 6.45) is 5.09. The zero-order valence-corrected chi connectivity index (χ0v) is 14.7. The Morgan fingerprint density at radius 3 is 2.42 bits per heavy atom. The Balaban J connectivity index is 1.54. The maximum absolute atomic E-state index is 6.13. The smallest absolute Gasteiger partial charge is 0.130 e. The molecule has 0 amide bonds. The van der Waals surface area contributed by atoms with E-state index < -0.39 is 0 Å². The minimum Gasteiger partial charge on any atom is -0.340 e. The third kappa shape index (κ3) is 4.34. The van der Waals surface area contributed by atoms with Gasteiger partial charge in [-0.25, -0.2) is 4.98 Å². The molecule has 2 atom stereocenters. The number of hydrogen-bond acceptors (Lipinski definition) is 4. The molecule has 0 bridgehead atoms. The summed E-state index contributed by atoms with van der Waals surface area (Å²) >= 11 is 0. The van der Waals surface area contributed by atoms with Crippen LogP contribution in [0, 0.1) is 0 Å². The van der Waals surface area contributed by atoms with Crippen LogP contribution in [0.3, 0.4) is 0 Å². The van der Waals surface area contributed by atoms with Crippen molar-refractivity contribution >= 4 is 11.5 Å². The Morgan fingerprint density at radius 2 is 1.79 bits per heavy atom. The van der Waals surface area contributed by atoms with Crippen molar-refractivity contribution in [3.05, 3.63) is 54.2 Å². The topological polar surface area (TPSA) is 54.2 Å². The number of rotatable bonds is 5. The number of piperidine rings is 1. The van der Waals surface area contributed by atoms with Crippen LogP contribution in [0.2, 0.25) is 0 Å². The number of likely N-dealkylation sites (tertiary alicyclic amines) is 1. The Kier molecular flexibility index (Phi) is 5.48. The lowest BCUT2D eigenvalue weighted by Gasteiger charge is -2.41. The summed E-state index contributed by atoms with van der Waals surface area (Å²) in [6.45, 7) is 5.70. The molecule has 1 aliphatic heterocycles. The van der Waals surface area contributed by atoms with Gasteiger partial charge >= 0.3 is 0 Å². The van der Waals surface area contributed by atoms with Crippen molar-refractivity contribution in [1.29, 1.82) is 0 Å². The number of nitrogens with zero attached hydrogens (tertiary/aromatic N) is 2. The standard InChI is InChI=1S/C20H28N4/c1-15-13-18(21)14-16(2)24(15)12-10-17-6-8-19(9-7-17)23-20-5-3-4-11-22-20/h3-9,11,15-16,18H,10,12-14,21H2,1-2H3,(H,22,23). The summed E-state index contributed by atoms with van der Waals surface area (Å²) in [5.74, 6) is 0.873. The molecule has 1 aromatic carbocycles. The second-order valence-corrected chi connectivity index (χ2v) is 6.95. The minimum atomic E-state index is 0.364. The first kappa shape index (κ1) is 16.9. The second-order valence-electron chi connectivity index (χ2n) is 6.95. The lowest BCUT2D eigenvalue weighted by atomic mass is 9.93. The molecular formula is C20H28N4. The first-order chi connectivity index (χ1) is 11.6. The Labute approximate surface area is 145 Å². The molecule has 128 valence electrons. The van der Waals surface area contributed by atoms with Gasteiger partial charge in [0.2, 0.25) is 0 Å². The van der Waals surface area contributed by atoms with Gasteiger partial charge in [0.25, 0.3) is 0 Å². The molecule has 0 saturated carbocycles. The molecule has 0 spiro atoms. The van der Waals surface area contributed by atoms with Gasteiger partial charge in [0, 0.05) is 36.6 Å². The number of pyridine rings is 1. The van der Waals surface area contributed by atoms with Gasteiger partial charge < -0.3 is 11.1 Å². The van der Waals surface area contributed by atoms with Gasteiger partial charge in [-0.2, -0.15) is 0 Å². The van der Waals surface area contributed by atoms with Gasteiger partial charge in [-0.15, -0.1) is 0 Å². The summed E-state index contributed by atoms with van der Waals surface area (Å²) in [7, 11) is 0. The third-order valence-corrected chi connectivity index (χ3v) is 4.97. The zero-order chi connectivity index (χ0) is 16.9. The van der Waals surface area contributed by atoms with Crippen LogP contribution < -0.4 is 11.1 Å². The normalized spacial score (nSPS) is 24.7. The fraction of sp³-hybridized carbons (Fsp3) is 0.450. The van der Waals surface area contributed by atoms with Gasteiger partial charge in [-0.1, -0.05) is 18.2 Å². The monoisotopic (exact) mass is 324 g/mol. The Morgan fingerprint density at radius 1 is 1.08 bits per heavy atom. The highest BCUT2D eigenvalue weighted by Crippen LogP contribution is 2.22. The number of nitrogens with one attached hydrogen (secondary N) is 1. The van der Waals surface area contributed by atoms with Crippen LogP contribution in [0.15, 0.2) is 48.7 Å². The SMILES string of the molecule is CC1CC(N)CC(C)N1CCc1ccc(Nc2ccccn2)cc1. The largest absolute Gasteiger partial charge is 0.340 e. The number of aromatic nitrogens is 1. The summed E-state index contributed by atoms with van der Waals surface area (Å²) in [5.41, 5.74) is 8.57. The third-order valence-electron chi connectivity index (χ3n) is 4.97. The molecule has 1 saturated heterocycles. The first-order valence-corrected chi connectivity index (χ1v) is 8.90. The summed E-state index contributed by atoms with van der Waals surface area (Å²) in [5, 5.41) is 3.32. The molecule has 3 rings (SSSR count). The van der Waals surface area contributed by atoms with Crippen molar-refractivity contribution < 1.29 is 0 Å². The van der Waals surface area contributed by atoms with E-state index in [1.807, 2.05) is 18.2 Å². The van der Waals surface area contributed by atoms with Gasteiger partial charge in [0.1, 0.15) is 5.82 Å². The van der Waals surface area contributed by atoms with Crippen LogP contribution in [0.25, 0.3) is 0 Å². The lowest BCUT2D eigenvalue weighted by molar-refractivity contribution is 0.0936. The fourth-order valence-electron chi connectivity index (χ4n) is 3.72. The van der Waals surface area contributed by atoms with Crippen molar-refractivity contribution in [3.63, 3.8) is 0 Å². The van der Waals surface area contributed by atoms with E-state index in [0.717, 1.165) is 37.3 Å². The van der Waals surface area contributed by atoms with Crippen molar-refractivity contribution in [2.45, 2.75) is 51.2 Å². The van der Waals surface area contributed by atoms with Crippen molar-refractivity contribution in [2.75, 3.05) is 11.9 Å². The average molecular weight is 324 g/mol. The predicted octanol–water partition coefficient (Wildman–Crippen LogP) is 3.57. The Bertz CT molecular complexity index is 614. The average Bonchev–Trinajstić information content (AvgIpc) is 2.56. The molecular weight excluding hydrogens is 296 g/mol. The summed E-state index contributed by atoms with van der Waals surface area (Å²) < 4.78 is 0. The van der Waals surface area contributed by atoms with Gasteiger partial charge in [0.15, 0.2) is 0 Å². The van der Waals surface area contributed by atoms with Gasteiger partial charge in [0.05, 0.1) is 0 Å². The van der Waals surface area contributed by atoms with Crippen LogP contribution in [-0.4, -0.2) is 34.6 Å². The zero-order valence-electron chi connectivity index (χ0n) is 14.7. The molecule has 3 N–H and O–H groups in total. The van der Waals surface area contributed by atoms with Gasteiger partial charge in [-0.05, 0) is 62.9 Å². The number of benzene rings is 1. The molecule has 2 heterocycles. The second kappa shape index (κ2) is 7.77. The van der Waals surface area contributed by atoms with E-state index in [9.17, 15) is 0 Å². The maximum Gasteiger partial charge on any atom is 0.130 e. The van der Waals surface area contributed by atoms with E-state index in [-0.39, 0.29) is 0 Å². The van der Waals surface area contributed by atoms with Crippen LogP contribution in [0.4, 0.5) is 11.5 Å². The number of hydrogen-bond donors (Lipinski definition) is 2. The number of nitrogens with two attached hydrogens (primary N) is 1. The van der Waals surface area contributed by atoms with E-state index >= 15 is 0 Å². The highest BCUT2D eigenvalue weighted by Gasteiger charge is 2.28. The molecule has 1 aromatic heterocycles. The van der Waals surface area contributed by atoms with Crippen LogP contribution >= 0.6 is 0 Å². The molecule has 4 nitrogen and oxygen atoms in total. The molecule has 4 heteroatoms. The molecule has 2 unspecified atom stereocenters. The number of anilines is 2. The Hall–Kier alpha value is -1.91. The van der Waals surface area contributed by atoms with Crippen LogP contribution in [0.1, 0.15) is 32.3 Å². The van der Waals surface area contributed by atoms with E-state index in [4.69, 9.17) is 5.73 Å². The van der Waals surface area contributed by atoms with E-state index in [1.54, 1.807) is 6.20 Å². The van der Waals surface area contributed by atoms with Crippen LogP contribution in [0.5, 0.6) is 0 Å². The highest BCUT2D eigenvalue weighted by atomic mass is 15.2. The maximum atomic E-state index is 6.13. The van der Waals surface area contributed by atoms with E-state index in [0.29, 0.717) is 18.1 Å². The summed E-state index contributed by atoms with van der Waals surface area (Å²) in [6, 6.07) is 16.1. The van der Waals surface area contributed by atoms with Crippen molar-refractivity contribution in [3.8, 4) is 0 Å². The van der Waals surface area contributed by atoms with E-state index in [2.05, 4.69) is 53.3 Å². The molecule has 0 aliphatic carbocycles. The minimum absolute atomic E-state index is 0.364. The molecule has 1 fully saturated rings. The van der Waals surface area contributed by atoms with Crippen molar-refractivity contribution in [1.82, 2.24) is 9.88 Å². The van der Waals surface area contributed by atoms with Gasteiger partial charge in [-0.3, -0.25) is 4.90 Å². The highest BCUT2D eigenvalue weighted by molar-refractivity contribution is 5.56. The van der Waals surface area contributed by atoms with Crippen molar-refractivity contribution in [2.24, 2.45) is 5.73 Å².